The zero-order chi connectivity index (χ0) is 14.6. The highest BCUT2D eigenvalue weighted by molar-refractivity contribution is 5.32. The number of hydrogen-bond donors (Lipinski definition) is 2. The third-order valence-corrected chi connectivity index (χ3v) is 3.05. The first-order valence-corrected chi connectivity index (χ1v) is 7.26. The maximum atomic E-state index is 5.72. The largest absolute Gasteiger partial charge is 0.384 e. The number of ether oxygens (including phenoxy) is 2. The third-order valence-electron chi connectivity index (χ3n) is 3.05. The van der Waals surface area contributed by atoms with E-state index in [-0.39, 0.29) is 0 Å². The van der Waals surface area contributed by atoms with Crippen LogP contribution in [0.15, 0.2) is 18.3 Å². The van der Waals surface area contributed by atoms with Gasteiger partial charge in [0.15, 0.2) is 0 Å². The summed E-state index contributed by atoms with van der Waals surface area (Å²) in [6.07, 6.45) is 4.81. The molecule has 1 atom stereocenters. The van der Waals surface area contributed by atoms with Crippen LogP contribution in [0.5, 0.6) is 0 Å². The Labute approximate surface area is 121 Å². The summed E-state index contributed by atoms with van der Waals surface area (Å²) in [5.41, 5.74) is 6.93. The van der Waals surface area contributed by atoms with Crippen molar-refractivity contribution in [1.29, 1.82) is 0 Å². The lowest BCUT2D eigenvalue weighted by atomic mass is 10.0. The van der Waals surface area contributed by atoms with Crippen LogP contribution in [0.4, 0.5) is 5.82 Å². The van der Waals surface area contributed by atoms with Crippen LogP contribution in [0.1, 0.15) is 25.3 Å². The van der Waals surface area contributed by atoms with Crippen molar-refractivity contribution in [3.8, 4) is 0 Å². The molecule has 1 unspecified atom stereocenters. The number of rotatable bonds is 11. The number of nitrogens with zero attached hydrogens (tertiary/aromatic N) is 1. The average Bonchev–Trinajstić information content (AvgIpc) is 2.44. The predicted octanol–water partition coefficient (Wildman–Crippen LogP) is 1.63. The number of nitrogens with two attached hydrogens (primary N) is 1. The molecule has 0 amide bonds. The van der Waals surface area contributed by atoms with Crippen molar-refractivity contribution in [2.45, 2.75) is 32.2 Å². The molecule has 0 bridgehead atoms. The molecule has 20 heavy (non-hydrogen) atoms. The van der Waals surface area contributed by atoms with Crippen LogP contribution < -0.4 is 11.1 Å². The second kappa shape index (κ2) is 10.6. The SMILES string of the molecule is CCCNC(CCOCCOC)Cc1ccnc(N)c1. The fourth-order valence-corrected chi connectivity index (χ4v) is 2.00. The molecule has 114 valence electrons. The molecular formula is C15H27N3O2. The van der Waals surface area contributed by atoms with E-state index in [0.29, 0.717) is 25.1 Å². The monoisotopic (exact) mass is 281 g/mol. The van der Waals surface area contributed by atoms with Gasteiger partial charge in [-0.2, -0.15) is 0 Å². The Morgan fingerprint density at radius 1 is 1.35 bits per heavy atom. The summed E-state index contributed by atoms with van der Waals surface area (Å²) in [4.78, 5) is 4.02. The van der Waals surface area contributed by atoms with Gasteiger partial charge in [-0.1, -0.05) is 6.92 Å². The van der Waals surface area contributed by atoms with Gasteiger partial charge in [-0.3, -0.25) is 0 Å². The standard InChI is InChI=1S/C15H27N3O2/c1-3-6-17-14(5-8-20-10-9-19-2)11-13-4-7-18-15(16)12-13/h4,7,12,14,17H,3,5-6,8-11H2,1-2H3,(H2,16,18). The van der Waals surface area contributed by atoms with Crippen LogP contribution in [0.3, 0.4) is 0 Å². The highest BCUT2D eigenvalue weighted by Crippen LogP contribution is 2.08. The van der Waals surface area contributed by atoms with Crippen molar-refractivity contribution < 1.29 is 9.47 Å². The topological polar surface area (TPSA) is 69.4 Å². The Kier molecular flexibility index (Phi) is 8.95. The number of nitrogens with one attached hydrogen (secondary N) is 1. The fraction of sp³-hybridized carbons (Fsp3) is 0.667. The lowest BCUT2D eigenvalue weighted by molar-refractivity contribution is 0.0658. The first-order valence-electron chi connectivity index (χ1n) is 7.26. The van der Waals surface area contributed by atoms with Crippen molar-refractivity contribution in [2.75, 3.05) is 39.2 Å². The summed E-state index contributed by atoms with van der Waals surface area (Å²) in [5, 5.41) is 3.56. The molecule has 0 aliphatic heterocycles. The maximum Gasteiger partial charge on any atom is 0.123 e. The van der Waals surface area contributed by atoms with E-state index in [9.17, 15) is 0 Å². The molecule has 0 aliphatic rings. The molecule has 0 saturated carbocycles. The van der Waals surface area contributed by atoms with E-state index in [1.807, 2.05) is 12.1 Å². The van der Waals surface area contributed by atoms with E-state index >= 15 is 0 Å². The molecule has 0 spiro atoms. The average molecular weight is 281 g/mol. The van der Waals surface area contributed by atoms with Crippen LogP contribution in [-0.4, -0.2) is 44.5 Å². The summed E-state index contributed by atoms with van der Waals surface area (Å²) in [6.45, 7) is 5.23. The quantitative estimate of drug-likeness (QED) is 0.603. The van der Waals surface area contributed by atoms with E-state index < -0.39 is 0 Å². The van der Waals surface area contributed by atoms with Gasteiger partial charge in [0, 0.05) is 26.0 Å². The minimum Gasteiger partial charge on any atom is -0.384 e. The molecule has 0 aromatic carbocycles. The second-order valence-electron chi connectivity index (χ2n) is 4.84. The molecule has 1 aromatic rings. The molecular weight excluding hydrogens is 254 g/mol. The van der Waals surface area contributed by atoms with Crippen molar-refractivity contribution in [2.24, 2.45) is 0 Å². The van der Waals surface area contributed by atoms with Gasteiger partial charge in [-0.15, -0.1) is 0 Å². The molecule has 0 saturated heterocycles. The summed E-state index contributed by atoms with van der Waals surface area (Å²) < 4.78 is 10.5. The molecule has 3 N–H and O–H groups in total. The number of pyridine rings is 1. The molecule has 0 fully saturated rings. The first-order chi connectivity index (χ1) is 9.76. The van der Waals surface area contributed by atoms with Crippen LogP contribution in [0.25, 0.3) is 0 Å². The summed E-state index contributed by atoms with van der Waals surface area (Å²) in [5.74, 6) is 0.577. The molecule has 5 nitrogen and oxygen atoms in total. The van der Waals surface area contributed by atoms with E-state index in [2.05, 4.69) is 17.2 Å². The second-order valence-corrected chi connectivity index (χ2v) is 4.84. The van der Waals surface area contributed by atoms with E-state index in [1.54, 1.807) is 13.3 Å². The van der Waals surface area contributed by atoms with Gasteiger partial charge in [-0.05, 0) is 43.5 Å². The highest BCUT2D eigenvalue weighted by Gasteiger charge is 2.09. The van der Waals surface area contributed by atoms with Crippen LogP contribution in [0, 0.1) is 0 Å². The smallest absolute Gasteiger partial charge is 0.123 e. The fourth-order valence-electron chi connectivity index (χ4n) is 2.00. The lowest BCUT2D eigenvalue weighted by Gasteiger charge is -2.18. The minimum absolute atomic E-state index is 0.402. The highest BCUT2D eigenvalue weighted by atomic mass is 16.5. The molecule has 1 heterocycles. The van der Waals surface area contributed by atoms with E-state index in [4.69, 9.17) is 15.2 Å². The zero-order valence-corrected chi connectivity index (χ0v) is 12.6. The number of hydrogen-bond acceptors (Lipinski definition) is 5. The first kappa shape index (κ1) is 16.9. The van der Waals surface area contributed by atoms with Crippen molar-refractivity contribution in [3.05, 3.63) is 23.9 Å². The maximum absolute atomic E-state index is 5.72. The van der Waals surface area contributed by atoms with Gasteiger partial charge in [0.05, 0.1) is 13.2 Å². The van der Waals surface area contributed by atoms with Gasteiger partial charge in [-0.25, -0.2) is 4.98 Å². The van der Waals surface area contributed by atoms with Crippen molar-refractivity contribution in [3.63, 3.8) is 0 Å². The number of nitrogen functional groups attached to an aromatic ring is 1. The molecule has 0 aliphatic carbocycles. The van der Waals surface area contributed by atoms with Crippen molar-refractivity contribution >= 4 is 5.82 Å². The Bertz CT molecular complexity index is 361. The van der Waals surface area contributed by atoms with Crippen LogP contribution >= 0.6 is 0 Å². The molecule has 1 aromatic heterocycles. The van der Waals surface area contributed by atoms with Gasteiger partial charge in [0.2, 0.25) is 0 Å². The normalized spacial score (nSPS) is 12.5. The van der Waals surface area contributed by atoms with Gasteiger partial charge < -0.3 is 20.5 Å². The Morgan fingerprint density at radius 2 is 2.20 bits per heavy atom. The lowest BCUT2D eigenvalue weighted by Crippen LogP contribution is -2.33. The molecule has 5 heteroatoms. The van der Waals surface area contributed by atoms with E-state index in [1.165, 1.54) is 5.56 Å². The zero-order valence-electron chi connectivity index (χ0n) is 12.6. The van der Waals surface area contributed by atoms with Crippen molar-refractivity contribution in [1.82, 2.24) is 10.3 Å². The Balaban J connectivity index is 2.38. The van der Waals surface area contributed by atoms with Crippen LogP contribution in [-0.2, 0) is 15.9 Å². The summed E-state index contributed by atoms with van der Waals surface area (Å²) in [7, 11) is 1.68. The van der Waals surface area contributed by atoms with Crippen LogP contribution in [0.2, 0.25) is 0 Å². The number of aromatic nitrogens is 1. The molecule has 1 rings (SSSR count). The van der Waals surface area contributed by atoms with E-state index in [0.717, 1.165) is 32.4 Å². The summed E-state index contributed by atoms with van der Waals surface area (Å²) >= 11 is 0. The minimum atomic E-state index is 0.402. The number of methoxy groups -OCH3 is 1. The molecule has 0 radical (unpaired) electrons. The van der Waals surface area contributed by atoms with Gasteiger partial charge in [0.25, 0.3) is 0 Å². The Hall–Kier alpha value is -1.17. The van der Waals surface area contributed by atoms with Gasteiger partial charge >= 0.3 is 0 Å². The predicted molar refractivity (Wildman–Crippen MR) is 81.7 cm³/mol. The number of anilines is 1. The summed E-state index contributed by atoms with van der Waals surface area (Å²) in [6, 6.07) is 4.36. The Morgan fingerprint density at radius 3 is 2.90 bits per heavy atom. The van der Waals surface area contributed by atoms with Gasteiger partial charge in [0.1, 0.15) is 5.82 Å². The third kappa shape index (κ3) is 7.43.